The van der Waals surface area contributed by atoms with Crippen molar-refractivity contribution >= 4 is 11.9 Å². The Balaban J connectivity index is 2.27. The van der Waals surface area contributed by atoms with Crippen LogP contribution in [0.15, 0.2) is 42.5 Å². The van der Waals surface area contributed by atoms with E-state index >= 15 is 0 Å². The topological polar surface area (TPSA) is 84.9 Å². The minimum Gasteiger partial charge on any atom is -0.496 e. The molecule has 0 aliphatic rings. The molecule has 2 N–H and O–H groups in total. The first-order valence-electron chi connectivity index (χ1n) is 8.26. The predicted molar refractivity (Wildman–Crippen MR) is 97.8 cm³/mol. The Bertz CT molecular complexity index is 748. The number of hydrogen-bond donors (Lipinski definition) is 2. The lowest BCUT2D eigenvalue weighted by Crippen LogP contribution is -2.29. The van der Waals surface area contributed by atoms with Gasteiger partial charge in [0.05, 0.1) is 20.3 Å². The molecule has 0 aromatic heterocycles. The Kier molecular flexibility index (Phi) is 6.60. The number of carboxylic acid groups (broad SMARTS) is 1. The Morgan fingerprint density at radius 2 is 1.65 bits per heavy atom. The Morgan fingerprint density at radius 1 is 1.08 bits per heavy atom. The summed E-state index contributed by atoms with van der Waals surface area (Å²) in [7, 11) is 3.06. The van der Waals surface area contributed by atoms with E-state index in [1.807, 2.05) is 37.3 Å². The van der Waals surface area contributed by atoms with E-state index in [0.717, 1.165) is 11.1 Å². The van der Waals surface area contributed by atoms with Crippen LogP contribution in [0.4, 0.5) is 0 Å². The summed E-state index contributed by atoms with van der Waals surface area (Å²) in [6, 6.07) is 12.2. The fraction of sp³-hybridized carbons (Fsp3) is 0.300. The van der Waals surface area contributed by atoms with Crippen LogP contribution in [0.25, 0.3) is 0 Å². The smallest absolute Gasteiger partial charge is 0.303 e. The fourth-order valence-corrected chi connectivity index (χ4v) is 2.73. The van der Waals surface area contributed by atoms with Crippen molar-refractivity contribution < 1.29 is 24.2 Å². The highest BCUT2D eigenvalue weighted by molar-refractivity contribution is 5.95. The van der Waals surface area contributed by atoms with E-state index in [-0.39, 0.29) is 12.3 Å². The summed E-state index contributed by atoms with van der Waals surface area (Å²) in [4.78, 5) is 23.7. The summed E-state index contributed by atoms with van der Waals surface area (Å²) in [5.74, 6) is -0.118. The number of methoxy groups -OCH3 is 2. The van der Waals surface area contributed by atoms with Crippen molar-refractivity contribution in [3.05, 3.63) is 59.2 Å². The van der Waals surface area contributed by atoms with Gasteiger partial charge in [0.2, 0.25) is 0 Å². The standard InChI is InChI=1S/C20H23NO5/c1-13-17(25-2)11-15(12-18(13)26-3)20(24)21-16(9-10-19(22)23)14-7-5-4-6-8-14/h4-8,11-12,16H,9-10H2,1-3H3,(H,21,24)(H,22,23). The maximum Gasteiger partial charge on any atom is 0.303 e. The monoisotopic (exact) mass is 357 g/mol. The summed E-state index contributed by atoms with van der Waals surface area (Å²) in [6.45, 7) is 1.85. The third kappa shape index (κ3) is 4.75. The van der Waals surface area contributed by atoms with Crippen LogP contribution in [0, 0.1) is 6.92 Å². The molecule has 0 fully saturated rings. The van der Waals surface area contributed by atoms with Gasteiger partial charge in [-0.3, -0.25) is 9.59 Å². The molecule has 0 aliphatic heterocycles. The van der Waals surface area contributed by atoms with Gasteiger partial charge < -0.3 is 19.9 Å². The van der Waals surface area contributed by atoms with Gasteiger partial charge in [0.15, 0.2) is 0 Å². The molecular weight excluding hydrogens is 334 g/mol. The molecule has 1 atom stereocenters. The lowest BCUT2D eigenvalue weighted by Gasteiger charge is -2.19. The second kappa shape index (κ2) is 8.89. The molecule has 6 nitrogen and oxygen atoms in total. The van der Waals surface area contributed by atoms with Gasteiger partial charge in [-0.2, -0.15) is 0 Å². The average Bonchev–Trinajstić information content (AvgIpc) is 2.65. The molecule has 0 saturated heterocycles. The van der Waals surface area contributed by atoms with Gasteiger partial charge in [-0.1, -0.05) is 30.3 Å². The maximum atomic E-state index is 12.8. The van der Waals surface area contributed by atoms with Crippen LogP contribution in [0.2, 0.25) is 0 Å². The number of carbonyl (C=O) groups is 2. The van der Waals surface area contributed by atoms with E-state index in [1.165, 1.54) is 14.2 Å². The van der Waals surface area contributed by atoms with Crippen molar-refractivity contribution in [3.8, 4) is 11.5 Å². The largest absolute Gasteiger partial charge is 0.496 e. The number of nitrogens with one attached hydrogen (secondary N) is 1. The fourth-order valence-electron chi connectivity index (χ4n) is 2.73. The number of ether oxygens (including phenoxy) is 2. The SMILES string of the molecule is COc1cc(C(=O)NC(CCC(=O)O)c2ccccc2)cc(OC)c1C. The Labute approximate surface area is 152 Å². The normalized spacial score (nSPS) is 11.5. The third-order valence-electron chi connectivity index (χ3n) is 4.17. The quantitative estimate of drug-likeness (QED) is 0.757. The molecule has 1 unspecified atom stereocenters. The molecular formula is C20H23NO5. The van der Waals surface area contributed by atoms with Gasteiger partial charge in [0.25, 0.3) is 5.91 Å². The van der Waals surface area contributed by atoms with Gasteiger partial charge in [0.1, 0.15) is 11.5 Å². The minimum atomic E-state index is -0.904. The average molecular weight is 357 g/mol. The van der Waals surface area contributed by atoms with Gasteiger partial charge >= 0.3 is 5.97 Å². The summed E-state index contributed by atoms with van der Waals surface area (Å²) in [5.41, 5.74) is 2.05. The molecule has 0 saturated carbocycles. The predicted octanol–water partition coefficient (Wildman–Crippen LogP) is 3.35. The number of hydrogen-bond acceptors (Lipinski definition) is 4. The van der Waals surface area contributed by atoms with Crippen LogP contribution in [-0.2, 0) is 4.79 Å². The van der Waals surface area contributed by atoms with Crippen LogP contribution >= 0.6 is 0 Å². The molecule has 6 heteroatoms. The first kappa shape index (κ1) is 19.3. The van der Waals surface area contributed by atoms with Crippen LogP contribution < -0.4 is 14.8 Å². The zero-order valence-electron chi connectivity index (χ0n) is 15.1. The molecule has 0 heterocycles. The summed E-state index contributed by atoms with van der Waals surface area (Å²) in [5, 5.41) is 11.9. The zero-order valence-corrected chi connectivity index (χ0v) is 15.1. The highest BCUT2D eigenvalue weighted by Crippen LogP contribution is 2.30. The van der Waals surface area contributed by atoms with Crippen molar-refractivity contribution in [2.75, 3.05) is 14.2 Å². The molecule has 0 spiro atoms. The van der Waals surface area contributed by atoms with Crippen LogP contribution in [0.5, 0.6) is 11.5 Å². The summed E-state index contributed by atoms with van der Waals surface area (Å²) < 4.78 is 10.6. The van der Waals surface area contributed by atoms with E-state index in [2.05, 4.69) is 5.32 Å². The number of carboxylic acids is 1. The van der Waals surface area contributed by atoms with Crippen molar-refractivity contribution in [1.82, 2.24) is 5.32 Å². The number of aliphatic carboxylic acids is 1. The first-order chi connectivity index (χ1) is 12.5. The van der Waals surface area contributed by atoms with E-state index in [1.54, 1.807) is 12.1 Å². The Morgan fingerprint density at radius 3 is 2.15 bits per heavy atom. The van der Waals surface area contributed by atoms with Gasteiger partial charge in [-0.25, -0.2) is 0 Å². The summed E-state index contributed by atoms with van der Waals surface area (Å²) in [6.07, 6.45) is 0.256. The van der Waals surface area contributed by atoms with Crippen molar-refractivity contribution in [1.29, 1.82) is 0 Å². The van der Waals surface area contributed by atoms with Gasteiger partial charge in [0, 0.05) is 17.5 Å². The molecule has 2 aromatic carbocycles. The highest BCUT2D eigenvalue weighted by atomic mass is 16.5. The van der Waals surface area contributed by atoms with Crippen molar-refractivity contribution in [2.45, 2.75) is 25.8 Å². The van der Waals surface area contributed by atoms with Crippen molar-refractivity contribution in [3.63, 3.8) is 0 Å². The first-order valence-corrected chi connectivity index (χ1v) is 8.26. The lowest BCUT2D eigenvalue weighted by molar-refractivity contribution is -0.137. The van der Waals surface area contributed by atoms with Gasteiger partial charge in [-0.05, 0) is 31.0 Å². The van der Waals surface area contributed by atoms with E-state index in [0.29, 0.717) is 23.5 Å². The second-order valence-corrected chi connectivity index (χ2v) is 5.87. The molecule has 26 heavy (non-hydrogen) atoms. The molecule has 1 amide bonds. The molecule has 0 bridgehead atoms. The number of carbonyl (C=O) groups excluding carboxylic acids is 1. The van der Waals surface area contributed by atoms with Crippen LogP contribution in [-0.4, -0.2) is 31.2 Å². The Hall–Kier alpha value is -3.02. The van der Waals surface area contributed by atoms with Crippen LogP contribution in [0.3, 0.4) is 0 Å². The molecule has 2 rings (SSSR count). The third-order valence-corrected chi connectivity index (χ3v) is 4.17. The van der Waals surface area contributed by atoms with Crippen molar-refractivity contribution in [2.24, 2.45) is 0 Å². The highest BCUT2D eigenvalue weighted by Gasteiger charge is 2.19. The minimum absolute atomic E-state index is 0.0413. The molecule has 0 radical (unpaired) electrons. The maximum absolute atomic E-state index is 12.8. The zero-order chi connectivity index (χ0) is 19.1. The van der Waals surface area contributed by atoms with Gasteiger partial charge in [-0.15, -0.1) is 0 Å². The summed E-state index contributed by atoms with van der Waals surface area (Å²) >= 11 is 0. The molecule has 138 valence electrons. The molecule has 0 aliphatic carbocycles. The van der Waals surface area contributed by atoms with E-state index in [9.17, 15) is 9.59 Å². The second-order valence-electron chi connectivity index (χ2n) is 5.87. The number of benzene rings is 2. The number of rotatable bonds is 8. The van der Waals surface area contributed by atoms with E-state index in [4.69, 9.17) is 14.6 Å². The lowest BCUT2D eigenvalue weighted by atomic mass is 10.0. The molecule has 2 aromatic rings. The number of amides is 1. The van der Waals surface area contributed by atoms with E-state index < -0.39 is 12.0 Å². The van der Waals surface area contributed by atoms with Crippen LogP contribution in [0.1, 0.15) is 40.4 Å².